The number of carboxylic acids is 1. The lowest BCUT2D eigenvalue weighted by Crippen LogP contribution is -1.98. The molecule has 1 aromatic carbocycles. The monoisotopic (exact) mass is 228 g/mol. The summed E-state index contributed by atoms with van der Waals surface area (Å²) < 4.78 is 23.9. The molecule has 0 aliphatic rings. The molecular weight excluding hydrogens is 214 g/mol. The largest absolute Gasteiger partial charge is 0.481 e. The van der Waals surface area contributed by atoms with Crippen LogP contribution in [0.2, 0.25) is 0 Å². The van der Waals surface area contributed by atoms with E-state index in [0.717, 1.165) is 11.1 Å². The molecule has 0 unspecified atom stereocenters. The van der Waals surface area contributed by atoms with Crippen molar-refractivity contribution in [1.29, 1.82) is 0 Å². The van der Waals surface area contributed by atoms with Gasteiger partial charge in [0, 0.05) is 12.8 Å². The maximum atomic E-state index is 11.9. The number of hydrogen-bond donors (Lipinski definition) is 1. The Morgan fingerprint density at radius 1 is 1.12 bits per heavy atom. The fourth-order valence-corrected chi connectivity index (χ4v) is 1.40. The molecule has 0 saturated heterocycles. The van der Waals surface area contributed by atoms with Crippen molar-refractivity contribution in [2.75, 3.05) is 0 Å². The van der Waals surface area contributed by atoms with E-state index in [1.807, 2.05) is 0 Å². The molecule has 2 nitrogen and oxygen atoms in total. The molecule has 0 saturated carbocycles. The summed E-state index contributed by atoms with van der Waals surface area (Å²) in [5, 5.41) is 8.49. The van der Waals surface area contributed by atoms with E-state index < -0.39 is 12.4 Å². The lowest BCUT2D eigenvalue weighted by molar-refractivity contribution is -0.136. The second kappa shape index (κ2) is 6.20. The van der Waals surface area contributed by atoms with Gasteiger partial charge in [0.15, 0.2) is 0 Å². The average molecular weight is 228 g/mol. The predicted molar refractivity (Wildman–Crippen MR) is 56.7 cm³/mol. The number of benzene rings is 1. The highest BCUT2D eigenvalue weighted by atomic mass is 19.3. The molecule has 1 aromatic rings. The summed E-state index contributed by atoms with van der Waals surface area (Å²) in [7, 11) is 0. The third-order valence-electron chi connectivity index (χ3n) is 2.30. The van der Waals surface area contributed by atoms with Crippen LogP contribution in [0.25, 0.3) is 0 Å². The van der Waals surface area contributed by atoms with E-state index in [0.29, 0.717) is 12.8 Å². The number of alkyl halides is 2. The Kier molecular flexibility index (Phi) is 4.89. The van der Waals surface area contributed by atoms with Crippen LogP contribution in [-0.4, -0.2) is 17.5 Å². The summed E-state index contributed by atoms with van der Waals surface area (Å²) in [6, 6.07) is 7.15. The van der Waals surface area contributed by atoms with Crippen LogP contribution in [0.1, 0.15) is 24.0 Å². The minimum Gasteiger partial charge on any atom is -0.481 e. The molecule has 0 heterocycles. The van der Waals surface area contributed by atoms with Crippen molar-refractivity contribution in [3.63, 3.8) is 0 Å². The zero-order valence-electron chi connectivity index (χ0n) is 8.83. The molecule has 1 N–H and O–H groups in total. The molecule has 4 heteroatoms. The first-order chi connectivity index (χ1) is 7.58. The van der Waals surface area contributed by atoms with Gasteiger partial charge in [-0.1, -0.05) is 24.3 Å². The maximum absolute atomic E-state index is 11.9. The minimum atomic E-state index is -2.27. The van der Waals surface area contributed by atoms with Crippen molar-refractivity contribution >= 4 is 5.97 Å². The van der Waals surface area contributed by atoms with Gasteiger partial charge in [-0.2, -0.15) is 0 Å². The Balaban J connectivity index is 2.44. The Hall–Kier alpha value is -1.45. The van der Waals surface area contributed by atoms with Crippen molar-refractivity contribution in [2.45, 2.75) is 32.1 Å². The molecule has 0 bridgehead atoms. The van der Waals surface area contributed by atoms with Crippen molar-refractivity contribution in [2.24, 2.45) is 0 Å². The molecule has 16 heavy (non-hydrogen) atoms. The smallest absolute Gasteiger partial charge is 0.303 e. The maximum Gasteiger partial charge on any atom is 0.303 e. The van der Waals surface area contributed by atoms with Crippen molar-refractivity contribution in [3.05, 3.63) is 35.4 Å². The summed E-state index contributed by atoms with van der Waals surface area (Å²) in [6.45, 7) is 0. The van der Waals surface area contributed by atoms with Crippen molar-refractivity contribution in [1.82, 2.24) is 0 Å². The van der Waals surface area contributed by atoms with E-state index in [2.05, 4.69) is 0 Å². The van der Waals surface area contributed by atoms with Gasteiger partial charge in [-0.25, -0.2) is 8.78 Å². The fourth-order valence-electron chi connectivity index (χ4n) is 1.40. The topological polar surface area (TPSA) is 37.3 Å². The first kappa shape index (κ1) is 12.6. The standard InChI is InChI=1S/C12H14F2O2/c13-11(14)7-5-9-1-3-10(4-2-9)6-8-12(15)16/h1-4,11H,5-8H2,(H,15,16). The molecule has 0 atom stereocenters. The van der Waals surface area contributed by atoms with Gasteiger partial charge in [-0.3, -0.25) is 4.79 Å². The molecule has 0 aromatic heterocycles. The van der Waals surface area contributed by atoms with E-state index in [9.17, 15) is 13.6 Å². The minimum absolute atomic E-state index is 0.0936. The quantitative estimate of drug-likeness (QED) is 0.812. The van der Waals surface area contributed by atoms with Crippen LogP contribution < -0.4 is 0 Å². The zero-order valence-corrected chi connectivity index (χ0v) is 8.83. The van der Waals surface area contributed by atoms with Gasteiger partial charge >= 0.3 is 5.97 Å². The van der Waals surface area contributed by atoms with Gasteiger partial charge in [-0.15, -0.1) is 0 Å². The second-order valence-electron chi connectivity index (χ2n) is 3.64. The van der Waals surface area contributed by atoms with Crippen molar-refractivity contribution < 1.29 is 18.7 Å². The number of aryl methyl sites for hydroxylation is 2. The highest BCUT2D eigenvalue weighted by Crippen LogP contribution is 2.11. The summed E-state index contributed by atoms with van der Waals surface area (Å²) >= 11 is 0. The van der Waals surface area contributed by atoms with E-state index in [1.54, 1.807) is 24.3 Å². The lowest BCUT2D eigenvalue weighted by Gasteiger charge is -2.03. The van der Waals surface area contributed by atoms with Gasteiger partial charge in [0.2, 0.25) is 6.43 Å². The van der Waals surface area contributed by atoms with E-state index in [1.165, 1.54) is 0 Å². The van der Waals surface area contributed by atoms with E-state index in [4.69, 9.17) is 5.11 Å². The normalized spacial score (nSPS) is 10.7. The summed E-state index contributed by atoms with van der Waals surface area (Å²) in [5.74, 6) is -0.832. The van der Waals surface area contributed by atoms with Crippen LogP contribution in [0, 0.1) is 0 Å². The second-order valence-corrected chi connectivity index (χ2v) is 3.64. The highest BCUT2D eigenvalue weighted by Gasteiger charge is 2.03. The van der Waals surface area contributed by atoms with Crippen LogP contribution in [0.4, 0.5) is 8.78 Å². The summed E-state index contributed by atoms with van der Waals surface area (Å²) in [5.41, 5.74) is 1.78. The summed E-state index contributed by atoms with van der Waals surface area (Å²) in [4.78, 5) is 10.3. The van der Waals surface area contributed by atoms with Crippen LogP contribution in [0.5, 0.6) is 0 Å². The van der Waals surface area contributed by atoms with Crippen molar-refractivity contribution in [3.8, 4) is 0 Å². The molecule has 0 aliphatic carbocycles. The van der Waals surface area contributed by atoms with Crippen LogP contribution in [-0.2, 0) is 17.6 Å². The number of carbonyl (C=O) groups is 1. The molecule has 1 rings (SSSR count). The van der Waals surface area contributed by atoms with Gasteiger partial charge in [0.25, 0.3) is 0 Å². The number of aliphatic carboxylic acids is 1. The van der Waals surface area contributed by atoms with Crippen LogP contribution >= 0.6 is 0 Å². The zero-order chi connectivity index (χ0) is 12.0. The molecule has 0 amide bonds. The summed E-state index contributed by atoms with van der Waals surface area (Å²) in [6.07, 6.45) is -1.47. The third-order valence-corrected chi connectivity index (χ3v) is 2.30. The van der Waals surface area contributed by atoms with E-state index >= 15 is 0 Å². The number of hydrogen-bond acceptors (Lipinski definition) is 1. The first-order valence-corrected chi connectivity index (χ1v) is 5.15. The molecule has 0 radical (unpaired) electrons. The molecular formula is C12H14F2O2. The fraction of sp³-hybridized carbons (Fsp3) is 0.417. The number of carboxylic acid groups (broad SMARTS) is 1. The molecule has 0 fully saturated rings. The number of rotatable bonds is 6. The molecule has 88 valence electrons. The Bertz CT molecular complexity index is 333. The van der Waals surface area contributed by atoms with Gasteiger partial charge in [0.05, 0.1) is 0 Å². The lowest BCUT2D eigenvalue weighted by atomic mass is 10.0. The number of halogens is 2. The predicted octanol–water partition coefficient (Wildman–Crippen LogP) is 2.90. The molecule has 0 spiro atoms. The van der Waals surface area contributed by atoms with Gasteiger partial charge in [-0.05, 0) is 24.0 Å². The Morgan fingerprint density at radius 2 is 1.62 bits per heavy atom. The van der Waals surface area contributed by atoms with Gasteiger partial charge in [0.1, 0.15) is 0 Å². The van der Waals surface area contributed by atoms with Crippen LogP contribution in [0.15, 0.2) is 24.3 Å². The Morgan fingerprint density at radius 3 is 2.06 bits per heavy atom. The average Bonchev–Trinajstić information content (AvgIpc) is 2.25. The first-order valence-electron chi connectivity index (χ1n) is 5.15. The van der Waals surface area contributed by atoms with Crippen LogP contribution in [0.3, 0.4) is 0 Å². The van der Waals surface area contributed by atoms with Gasteiger partial charge < -0.3 is 5.11 Å². The van der Waals surface area contributed by atoms with E-state index in [-0.39, 0.29) is 12.8 Å². The SMILES string of the molecule is O=C(O)CCc1ccc(CCC(F)F)cc1. The third kappa shape index (κ3) is 4.87. The molecule has 0 aliphatic heterocycles. The highest BCUT2D eigenvalue weighted by molar-refractivity contribution is 5.67. The Labute approximate surface area is 92.9 Å².